The molecule has 0 unspecified atom stereocenters. The first-order valence-corrected chi connectivity index (χ1v) is 8.63. The standard InChI is InChI=1S/C19H16Cl2N2O3/c1-26-17-5-3-16(4-6-17)23-18(11-15(22-23)2-7-19(24)25)12-8-13(20)10-14(21)9-12/h3-6,8-11H,2,7H2,1H3,(H,24,25). The number of halogens is 2. The number of aromatic nitrogens is 2. The number of hydrogen-bond donors (Lipinski definition) is 1. The summed E-state index contributed by atoms with van der Waals surface area (Å²) in [6.07, 6.45) is 0.342. The molecule has 0 spiro atoms. The summed E-state index contributed by atoms with van der Waals surface area (Å²) in [5.41, 5.74) is 3.07. The number of aryl methyl sites for hydroxylation is 1. The molecule has 3 aromatic rings. The SMILES string of the molecule is COc1ccc(-n2nc(CCC(=O)O)cc2-c2cc(Cl)cc(Cl)c2)cc1. The number of aliphatic carboxylic acids is 1. The normalized spacial score (nSPS) is 10.7. The topological polar surface area (TPSA) is 64.4 Å². The summed E-state index contributed by atoms with van der Waals surface area (Å²) in [6.45, 7) is 0. The summed E-state index contributed by atoms with van der Waals surface area (Å²) in [4.78, 5) is 10.9. The lowest BCUT2D eigenvalue weighted by Gasteiger charge is -2.09. The highest BCUT2D eigenvalue weighted by Crippen LogP contribution is 2.30. The Balaban J connectivity index is 2.08. The number of carbonyl (C=O) groups is 1. The maximum Gasteiger partial charge on any atom is 0.303 e. The maximum atomic E-state index is 10.9. The van der Waals surface area contributed by atoms with E-state index in [1.54, 1.807) is 30.0 Å². The predicted octanol–water partition coefficient (Wildman–Crippen LogP) is 4.87. The van der Waals surface area contributed by atoms with Crippen molar-refractivity contribution in [3.63, 3.8) is 0 Å². The molecule has 3 rings (SSSR count). The van der Waals surface area contributed by atoms with Gasteiger partial charge in [-0.3, -0.25) is 4.79 Å². The van der Waals surface area contributed by atoms with Crippen LogP contribution in [0.2, 0.25) is 10.0 Å². The third kappa shape index (κ3) is 4.18. The van der Waals surface area contributed by atoms with Gasteiger partial charge in [-0.05, 0) is 48.5 Å². The van der Waals surface area contributed by atoms with Gasteiger partial charge in [-0.1, -0.05) is 23.2 Å². The Bertz CT molecular complexity index is 916. The molecule has 26 heavy (non-hydrogen) atoms. The molecule has 0 saturated carbocycles. The van der Waals surface area contributed by atoms with E-state index < -0.39 is 5.97 Å². The van der Waals surface area contributed by atoms with E-state index in [9.17, 15) is 4.79 Å². The van der Waals surface area contributed by atoms with E-state index in [1.165, 1.54) is 0 Å². The van der Waals surface area contributed by atoms with Crippen LogP contribution in [-0.2, 0) is 11.2 Å². The van der Waals surface area contributed by atoms with E-state index in [2.05, 4.69) is 5.10 Å². The Morgan fingerprint density at radius 2 is 1.77 bits per heavy atom. The van der Waals surface area contributed by atoms with Crippen molar-refractivity contribution in [1.29, 1.82) is 0 Å². The fourth-order valence-corrected chi connectivity index (χ4v) is 3.14. The molecule has 0 radical (unpaired) electrons. The van der Waals surface area contributed by atoms with Gasteiger partial charge in [0.2, 0.25) is 0 Å². The van der Waals surface area contributed by atoms with Crippen molar-refractivity contribution in [2.24, 2.45) is 0 Å². The lowest BCUT2D eigenvalue weighted by molar-refractivity contribution is -0.136. The number of methoxy groups -OCH3 is 1. The van der Waals surface area contributed by atoms with E-state index >= 15 is 0 Å². The number of ether oxygens (including phenoxy) is 1. The van der Waals surface area contributed by atoms with E-state index in [4.69, 9.17) is 33.0 Å². The molecule has 5 nitrogen and oxygen atoms in total. The van der Waals surface area contributed by atoms with Crippen molar-refractivity contribution in [2.75, 3.05) is 7.11 Å². The smallest absolute Gasteiger partial charge is 0.303 e. The van der Waals surface area contributed by atoms with Crippen LogP contribution in [0.15, 0.2) is 48.5 Å². The maximum absolute atomic E-state index is 10.9. The Labute approximate surface area is 160 Å². The molecule has 1 aromatic heterocycles. The highest BCUT2D eigenvalue weighted by molar-refractivity contribution is 6.35. The number of nitrogens with zero attached hydrogens (tertiary/aromatic N) is 2. The van der Waals surface area contributed by atoms with Crippen LogP contribution in [0.5, 0.6) is 5.75 Å². The molecular formula is C19H16Cl2N2O3. The minimum Gasteiger partial charge on any atom is -0.497 e. The molecule has 2 aromatic carbocycles. The van der Waals surface area contributed by atoms with Crippen LogP contribution < -0.4 is 4.74 Å². The lowest BCUT2D eigenvalue weighted by atomic mass is 10.1. The Kier molecular flexibility index (Phi) is 5.49. The minimum atomic E-state index is -0.864. The summed E-state index contributed by atoms with van der Waals surface area (Å²) in [5.74, 6) is -0.129. The van der Waals surface area contributed by atoms with Gasteiger partial charge in [-0.15, -0.1) is 0 Å². The van der Waals surface area contributed by atoms with Crippen molar-refractivity contribution in [3.05, 3.63) is 64.3 Å². The zero-order chi connectivity index (χ0) is 18.7. The number of carboxylic acid groups (broad SMARTS) is 1. The molecule has 0 bridgehead atoms. The molecule has 1 N–H and O–H groups in total. The Hall–Kier alpha value is -2.50. The predicted molar refractivity (Wildman–Crippen MR) is 102 cm³/mol. The summed E-state index contributed by atoms with van der Waals surface area (Å²) in [5, 5.41) is 14.5. The van der Waals surface area contributed by atoms with Gasteiger partial charge in [0.05, 0.1) is 30.6 Å². The second-order valence-corrected chi connectivity index (χ2v) is 6.56. The largest absolute Gasteiger partial charge is 0.497 e. The fourth-order valence-electron chi connectivity index (χ4n) is 2.61. The molecule has 0 amide bonds. The molecule has 7 heteroatoms. The third-order valence-electron chi connectivity index (χ3n) is 3.83. The summed E-state index contributed by atoms with van der Waals surface area (Å²) in [6, 6.07) is 14.5. The van der Waals surface area contributed by atoms with Crippen molar-refractivity contribution in [2.45, 2.75) is 12.8 Å². The molecule has 0 aliphatic carbocycles. The molecule has 1 heterocycles. The zero-order valence-corrected chi connectivity index (χ0v) is 15.5. The highest BCUT2D eigenvalue weighted by atomic mass is 35.5. The molecule has 134 valence electrons. The van der Waals surface area contributed by atoms with Crippen LogP contribution >= 0.6 is 23.2 Å². The van der Waals surface area contributed by atoms with Crippen LogP contribution in [0.1, 0.15) is 12.1 Å². The van der Waals surface area contributed by atoms with E-state index in [-0.39, 0.29) is 6.42 Å². The lowest BCUT2D eigenvalue weighted by Crippen LogP contribution is -2.01. The van der Waals surface area contributed by atoms with Crippen LogP contribution in [0, 0.1) is 0 Å². The monoisotopic (exact) mass is 390 g/mol. The zero-order valence-electron chi connectivity index (χ0n) is 13.9. The first kappa shape index (κ1) is 18.3. The van der Waals surface area contributed by atoms with Gasteiger partial charge in [0.25, 0.3) is 0 Å². The quantitative estimate of drug-likeness (QED) is 0.651. The number of carboxylic acids is 1. The molecule has 0 atom stereocenters. The van der Waals surface area contributed by atoms with Gasteiger partial charge in [0.15, 0.2) is 0 Å². The van der Waals surface area contributed by atoms with Gasteiger partial charge < -0.3 is 9.84 Å². The summed E-state index contributed by atoms with van der Waals surface area (Å²) >= 11 is 12.3. The van der Waals surface area contributed by atoms with Crippen LogP contribution in [0.4, 0.5) is 0 Å². The first-order chi connectivity index (χ1) is 12.5. The van der Waals surface area contributed by atoms with Crippen LogP contribution in [0.3, 0.4) is 0 Å². The van der Waals surface area contributed by atoms with Crippen molar-refractivity contribution >= 4 is 29.2 Å². The van der Waals surface area contributed by atoms with Gasteiger partial charge in [-0.25, -0.2) is 4.68 Å². The Morgan fingerprint density at radius 1 is 1.12 bits per heavy atom. The van der Waals surface area contributed by atoms with Gasteiger partial charge in [0.1, 0.15) is 5.75 Å². The molecular weight excluding hydrogens is 375 g/mol. The van der Waals surface area contributed by atoms with Crippen molar-refractivity contribution < 1.29 is 14.6 Å². The van der Waals surface area contributed by atoms with Crippen LogP contribution in [0.25, 0.3) is 16.9 Å². The minimum absolute atomic E-state index is 0.00929. The third-order valence-corrected chi connectivity index (χ3v) is 4.27. The molecule has 0 aliphatic heterocycles. The summed E-state index contributed by atoms with van der Waals surface area (Å²) < 4.78 is 6.94. The molecule has 0 fully saturated rings. The molecule has 0 saturated heterocycles. The van der Waals surface area contributed by atoms with Crippen molar-refractivity contribution in [3.8, 4) is 22.7 Å². The van der Waals surface area contributed by atoms with E-state index in [1.807, 2.05) is 30.3 Å². The number of rotatable bonds is 6. The van der Waals surface area contributed by atoms with Gasteiger partial charge in [0, 0.05) is 22.0 Å². The Morgan fingerprint density at radius 3 is 2.35 bits per heavy atom. The van der Waals surface area contributed by atoms with Gasteiger partial charge >= 0.3 is 5.97 Å². The fraction of sp³-hybridized carbons (Fsp3) is 0.158. The first-order valence-electron chi connectivity index (χ1n) is 7.88. The summed E-state index contributed by atoms with van der Waals surface area (Å²) in [7, 11) is 1.60. The van der Waals surface area contributed by atoms with E-state index in [0.717, 1.165) is 22.7 Å². The van der Waals surface area contributed by atoms with Crippen molar-refractivity contribution in [1.82, 2.24) is 9.78 Å². The highest BCUT2D eigenvalue weighted by Gasteiger charge is 2.14. The second kappa shape index (κ2) is 7.81. The number of benzene rings is 2. The molecule has 0 aliphatic rings. The van der Waals surface area contributed by atoms with E-state index in [0.29, 0.717) is 22.2 Å². The second-order valence-electron chi connectivity index (χ2n) is 5.68. The average Bonchev–Trinajstić information content (AvgIpc) is 3.03. The number of hydrogen-bond acceptors (Lipinski definition) is 3. The average molecular weight is 391 g/mol. The van der Waals surface area contributed by atoms with Crippen LogP contribution in [-0.4, -0.2) is 28.0 Å². The van der Waals surface area contributed by atoms with Gasteiger partial charge in [-0.2, -0.15) is 5.10 Å².